The van der Waals surface area contributed by atoms with Gasteiger partial charge in [-0.05, 0) is 38.1 Å². The fourth-order valence-electron chi connectivity index (χ4n) is 4.09. The summed E-state index contributed by atoms with van der Waals surface area (Å²) >= 11 is 0. The molecule has 2 saturated heterocycles. The molecule has 0 radical (unpaired) electrons. The quantitative estimate of drug-likeness (QED) is 0.487. The van der Waals surface area contributed by atoms with Crippen molar-refractivity contribution in [2.45, 2.75) is 44.2 Å². The topological polar surface area (TPSA) is 170 Å². The number of carbonyl (C=O) groups excluding carboxylic acids is 1. The van der Waals surface area contributed by atoms with Crippen LogP contribution in [0.25, 0.3) is 11.2 Å². The molecule has 1 aromatic carbocycles. The standard InChI is InChI=1S/C20H21FN6O7S/c1-20(2)33-14-12(7-31-35(22,29)30)32-19(15(14)34-20)27-9-25-13-16(23-8-24-17(13)27)26-18(28)10-3-5-11(21)6-4-10/h3-6,8-9,12,14-15,19H,7H2,1-2H3,(H2,22,29,30)(H,23,24,26,28)/t12-,14-,15-,19-/m1/s1. The number of hydrogen-bond donors (Lipinski definition) is 2. The third-order valence-electron chi connectivity index (χ3n) is 5.49. The molecule has 4 atom stereocenters. The number of amides is 1. The first-order chi connectivity index (χ1) is 16.5. The lowest BCUT2D eigenvalue weighted by Gasteiger charge is -2.24. The SMILES string of the molecule is CC1(C)O[C@@H]2[C@H](O1)[C@@H](COS(N)(=O)=O)O[C@H]2n1cnc2c(NC(=O)c3ccc(F)cc3)ncnc21. The molecule has 186 valence electrons. The van der Waals surface area contributed by atoms with Crippen molar-refractivity contribution >= 4 is 33.2 Å². The molecule has 2 aromatic heterocycles. The fourth-order valence-corrected chi connectivity index (χ4v) is 4.41. The average molecular weight is 508 g/mol. The van der Waals surface area contributed by atoms with Gasteiger partial charge in [0, 0.05) is 5.56 Å². The third kappa shape index (κ3) is 4.73. The molecule has 2 aliphatic heterocycles. The predicted octanol–water partition coefficient (Wildman–Crippen LogP) is 0.855. The lowest BCUT2D eigenvalue weighted by Crippen LogP contribution is -2.34. The van der Waals surface area contributed by atoms with E-state index in [9.17, 15) is 17.6 Å². The van der Waals surface area contributed by atoms with Crippen molar-refractivity contribution in [3.63, 3.8) is 0 Å². The van der Waals surface area contributed by atoms with Gasteiger partial charge in [0.05, 0.1) is 12.9 Å². The van der Waals surface area contributed by atoms with Crippen LogP contribution in [0.2, 0.25) is 0 Å². The van der Waals surface area contributed by atoms with Crippen molar-refractivity contribution in [2.75, 3.05) is 11.9 Å². The summed E-state index contributed by atoms with van der Waals surface area (Å²) in [6.45, 7) is 3.06. The Bertz CT molecular complexity index is 1380. The molecule has 1 amide bonds. The lowest BCUT2D eigenvalue weighted by molar-refractivity contribution is -0.198. The van der Waals surface area contributed by atoms with Crippen molar-refractivity contribution in [2.24, 2.45) is 5.14 Å². The molecule has 0 unspecified atom stereocenters. The number of imidazole rings is 1. The number of ether oxygens (including phenoxy) is 3. The Morgan fingerprint density at radius 1 is 1.20 bits per heavy atom. The van der Waals surface area contributed by atoms with Gasteiger partial charge in [0.1, 0.15) is 30.5 Å². The molecule has 0 aliphatic carbocycles. The number of halogens is 1. The van der Waals surface area contributed by atoms with E-state index in [1.807, 2.05) is 0 Å². The fraction of sp³-hybridized carbons (Fsp3) is 0.400. The molecule has 15 heteroatoms. The highest BCUT2D eigenvalue weighted by Gasteiger charge is 2.56. The highest BCUT2D eigenvalue weighted by molar-refractivity contribution is 7.84. The second-order valence-electron chi connectivity index (χ2n) is 8.41. The van der Waals surface area contributed by atoms with E-state index < -0.39 is 52.4 Å². The van der Waals surface area contributed by atoms with Gasteiger partial charge in [0.2, 0.25) is 0 Å². The Morgan fingerprint density at radius 3 is 2.63 bits per heavy atom. The predicted molar refractivity (Wildman–Crippen MR) is 116 cm³/mol. The minimum absolute atomic E-state index is 0.135. The van der Waals surface area contributed by atoms with Crippen LogP contribution in [0.4, 0.5) is 10.2 Å². The maximum atomic E-state index is 13.2. The number of anilines is 1. The normalized spacial score (nSPS) is 25.6. The Labute approximate surface area is 198 Å². The zero-order valence-electron chi connectivity index (χ0n) is 18.5. The molecular weight excluding hydrogens is 487 g/mol. The van der Waals surface area contributed by atoms with Gasteiger partial charge in [0.15, 0.2) is 29.0 Å². The van der Waals surface area contributed by atoms with Crippen LogP contribution in [0.3, 0.4) is 0 Å². The number of aromatic nitrogens is 4. The summed E-state index contributed by atoms with van der Waals surface area (Å²) in [6, 6.07) is 5.04. The first kappa shape index (κ1) is 23.7. The summed E-state index contributed by atoms with van der Waals surface area (Å²) in [5, 5.41) is 7.59. The molecule has 35 heavy (non-hydrogen) atoms. The van der Waals surface area contributed by atoms with Gasteiger partial charge in [-0.1, -0.05) is 0 Å². The number of rotatable bonds is 6. The highest BCUT2D eigenvalue weighted by atomic mass is 32.2. The molecule has 3 N–H and O–H groups in total. The van der Waals surface area contributed by atoms with Gasteiger partial charge >= 0.3 is 10.3 Å². The summed E-state index contributed by atoms with van der Waals surface area (Å²) in [5.74, 6) is -1.80. The summed E-state index contributed by atoms with van der Waals surface area (Å²) < 4.78 is 60.0. The Hall–Kier alpha value is -3.08. The minimum atomic E-state index is -4.19. The second-order valence-corrected chi connectivity index (χ2v) is 9.64. The van der Waals surface area contributed by atoms with E-state index in [0.717, 1.165) is 0 Å². The van der Waals surface area contributed by atoms with E-state index in [1.54, 1.807) is 18.4 Å². The van der Waals surface area contributed by atoms with Crippen molar-refractivity contribution in [1.82, 2.24) is 19.5 Å². The molecule has 0 saturated carbocycles. The number of hydrogen-bond acceptors (Lipinski definition) is 10. The Morgan fingerprint density at radius 2 is 1.91 bits per heavy atom. The van der Waals surface area contributed by atoms with Crippen LogP contribution >= 0.6 is 0 Å². The maximum Gasteiger partial charge on any atom is 0.333 e. The van der Waals surface area contributed by atoms with Crippen molar-refractivity contribution in [3.8, 4) is 0 Å². The van der Waals surface area contributed by atoms with Gasteiger partial charge in [-0.25, -0.2) is 24.5 Å². The number of carbonyl (C=O) groups is 1. The first-order valence-corrected chi connectivity index (χ1v) is 11.9. The Balaban J connectivity index is 1.43. The highest BCUT2D eigenvalue weighted by Crippen LogP contribution is 2.44. The molecule has 5 rings (SSSR count). The van der Waals surface area contributed by atoms with Crippen LogP contribution in [-0.2, 0) is 28.7 Å². The van der Waals surface area contributed by atoms with Crippen LogP contribution in [0, 0.1) is 5.82 Å². The number of nitrogens with two attached hydrogens (primary N) is 1. The average Bonchev–Trinajstić information content (AvgIpc) is 3.43. The Kier molecular flexibility index (Phi) is 5.77. The summed E-state index contributed by atoms with van der Waals surface area (Å²) in [7, 11) is -4.19. The molecule has 4 heterocycles. The third-order valence-corrected chi connectivity index (χ3v) is 5.96. The molecular formula is C20H21FN6O7S. The van der Waals surface area contributed by atoms with Crippen LogP contribution in [-0.4, -0.2) is 64.5 Å². The maximum absolute atomic E-state index is 13.2. The summed E-state index contributed by atoms with van der Waals surface area (Å²) in [5.41, 5.74) is 0.820. The molecule has 0 spiro atoms. The van der Waals surface area contributed by atoms with Crippen LogP contribution in [0.15, 0.2) is 36.9 Å². The molecule has 3 aromatic rings. The van der Waals surface area contributed by atoms with E-state index in [4.69, 9.17) is 23.5 Å². The number of fused-ring (bicyclic) bond motifs is 2. The molecule has 2 aliphatic rings. The van der Waals surface area contributed by atoms with E-state index in [0.29, 0.717) is 5.65 Å². The monoisotopic (exact) mass is 508 g/mol. The van der Waals surface area contributed by atoms with E-state index in [2.05, 4.69) is 20.3 Å². The van der Waals surface area contributed by atoms with Crippen LogP contribution < -0.4 is 10.5 Å². The summed E-state index contributed by atoms with van der Waals surface area (Å²) in [6.07, 6.45) is -0.257. The van der Waals surface area contributed by atoms with Gasteiger partial charge in [-0.2, -0.15) is 8.42 Å². The first-order valence-electron chi connectivity index (χ1n) is 10.4. The zero-order valence-corrected chi connectivity index (χ0v) is 19.3. The largest absolute Gasteiger partial charge is 0.347 e. The van der Waals surface area contributed by atoms with Crippen molar-refractivity contribution in [3.05, 3.63) is 48.3 Å². The smallest absolute Gasteiger partial charge is 0.333 e. The van der Waals surface area contributed by atoms with E-state index in [1.165, 1.54) is 36.9 Å². The van der Waals surface area contributed by atoms with Crippen molar-refractivity contribution < 1.29 is 36.0 Å². The zero-order chi connectivity index (χ0) is 25.0. The van der Waals surface area contributed by atoms with Crippen LogP contribution in [0.5, 0.6) is 0 Å². The van der Waals surface area contributed by atoms with Gasteiger partial charge < -0.3 is 19.5 Å². The second kappa shape index (κ2) is 8.54. The number of benzene rings is 1. The number of nitrogens with zero attached hydrogens (tertiary/aromatic N) is 4. The molecule has 2 fully saturated rings. The van der Waals surface area contributed by atoms with Gasteiger partial charge in [-0.3, -0.25) is 13.5 Å². The number of nitrogens with one attached hydrogen (secondary N) is 1. The van der Waals surface area contributed by atoms with Crippen LogP contribution in [0.1, 0.15) is 30.4 Å². The molecule has 13 nitrogen and oxygen atoms in total. The lowest BCUT2D eigenvalue weighted by atomic mass is 10.1. The molecule has 0 bridgehead atoms. The summed E-state index contributed by atoms with van der Waals surface area (Å²) in [4.78, 5) is 25.3. The van der Waals surface area contributed by atoms with E-state index in [-0.39, 0.29) is 23.5 Å². The van der Waals surface area contributed by atoms with Gasteiger partial charge in [0.25, 0.3) is 5.91 Å². The minimum Gasteiger partial charge on any atom is -0.347 e. The van der Waals surface area contributed by atoms with Crippen molar-refractivity contribution in [1.29, 1.82) is 0 Å². The van der Waals surface area contributed by atoms with Gasteiger partial charge in [-0.15, -0.1) is 0 Å². The van der Waals surface area contributed by atoms with E-state index >= 15 is 0 Å².